The van der Waals surface area contributed by atoms with Gasteiger partial charge in [0, 0.05) is 41.5 Å². The number of rotatable bonds is 4. The third kappa shape index (κ3) is 3.61. The molecule has 1 saturated carbocycles. The second-order valence-electron chi connectivity index (χ2n) is 10.9. The Morgan fingerprint density at radius 1 is 1.26 bits per heavy atom. The fourth-order valence-electron chi connectivity index (χ4n) is 5.73. The summed E-state index contributed by atoms with van der Waals surface area (Å²) in [5.41, 5.74) is 0.0660. The minimum Gasteiger partial charge on any atom is -0.477 e. The van der Waals surface area contributed by atoms with E-state index in [1.165, 1.54) is 16.7 Å². The standard InChI is InChI=1S/C25H30FN3O5/c1-13-9-16-19-14(10-17(22(31)32)21(30)29(13)19)11-18(26)20(16)28-8-5-15(12-28)25(6-7-25)27-23(33)34-24(2,3)4/h10-11,13,15H,5-9,12H2,1-4H3,(H,27,33)(H,31,32)/t13?,15-/m1/s1. The third-order valence-corrected chi connectivity index (χ3v) is 7.34. The van der Waals surface area contributed by atoms with E-state index in [0.29, 0.717) is 36.1 Å². The quantitative estimate of drug-likeness (QED) is 0.703. The van der Waals surface area contributed by atoms with Crippen molar-refractivity contribution in [3.63, 3.8) is 0 Å². The molecule has 0 bridgehead atoms. The molecule has 1 aromatic heterocycles. The van der Waals surface area contributed by atoms with Gasteiger partial charge < -0.3 is 24.6 Å². The van der Waals surface area contributed by atoms with Gasteiger partial charge in [-0.2, -0.15) is 0 Å². The van der Waals surface area contributed by atoms with E-state index in [9.17, 15) is 19.5 Å². The van der Waals surface area contributed by atoms with E-state index in [1.807, 2.05) is 32.6 Å². The fraction of sp³-hybridized carbons (Fsp3) is 0.560. The maximum absolute atomic E-state index is 15.5. The lowest BCUT2D eigenvalue weighted by Crippen LogP contribution is -2.45. The number of carbonyl (C=O) groups is 2. The van der Waals surface area contributed by atoms with Gasteiger partial charge in [-0.25, -0.2) is 14.0 Å². The maximum Gasteiger partial charge on any atom is 0.408 e. The van der Waals surface area contributed by atoms with Crippen molar-refractivity contribution in [3.8, 4) is 0 Å². The second-order valence-corrected chi connectivity index (χ2v) is 10.9. The number of nitrogens with zero attached hydrogens (tertiary/aromatic N) is 2. The van der Waals surface area contributed by atoms with Crippen molar-refractivity contribution in [2.45, 2.75) is 70.6 Å². The number of carboxylic acid groups (broad SMARTS) is 1. The van der Waals surface area contributed by atoms with Crippen molar-refractivity contribution in [2.24, 2.45) is 5.92 Å². The molecule has 1 aliphatic carbocycles. The molecule has 2 atom stereocenters. The first-order valence-corrected chi connectivity index (χ1v) is 11.8. The van der Waals surface area contributed by atoms with Crippen LogP contribution in [0.5, 0.6) is 0 Å². The Kier molecular flexibility index (Phi) is 4.97. The zero-order valence-corrected chi connectivity index (χ0v) is 19.9. The van der Waals surface area contributed by atoms with Crippen LogP contribution in [0.15, 0.2) is 16.9 Å². The SMILES string of the molecule is CC1Cc2c(N3CC[C@@H](C4(NC(=O)OC(C)(C)C)CC4)C3)c(F)cc3cc(C(=O)O)c(=O)n1c23. The van der Waals surface area contributed by atoms with Crippen LogP contribution in [0, 0.1) is 11.7 Å². The normalized spacial score (nSPS) is 22.8. The minimum atomic E-state index is -1.31. The lowest BCUT2D eigenvalue weighted by molar-refractivity contribution is 0.0477. The van der Waals surface area contributed by atoms with Crippen molar-refractivity contribution in [1.29, 1.82) is 0 Å². The molecule has 182 valence electrons. The first kappa shape index (κ1) is 22.7. The molecule has 34 heavy (non-hydrogen) atoms. The number of hydrogen-bond acceptors (Lipinski definition) is 5. The summed E-state index contributed by atoms with van der Waals surface area (Å²) in [6.07, 6.45) is 2.59. The topological polar surface area (TPSA) is 101 Å². The van der Waals surface area contributed by atoms with Crippen LogP contribution in [0.1, 0.15) is 68.9 Å². The lowest BCUT2D eigenvalue weighted by Gasteiger charge is -2.28. The van der Waals surface area contributed by atoms with Crippen molar-refractivity contribution < 1.29 is 23.8 Å². The van der Waals surface area contributed by atoms with Crippen LogP contribution in [-0.4, -0.2) is 46.0 Å². The summed E-state index contributed by atoms with van der Waals surface area (Å²) in [6.45, 7) is 8.57. The largest absolute Gasteiger partial charge is 0.477 e. The van der Waals surface area contributed by atoms with Crippen molar-refractivity contribution in [1.82, 2.24) is 9.88 Å². The average Bonchev–Trinajstić information content (AvgIpc) is 3.15. The van der Waals surface area contributed by atoms with Crippen molar-refractivity contribution in [3.05, 3.63) is 39.4 Å². The van der Waals surface area contributed by atoms with E-state index in [-0.39, 0.29) is 23.1 Å². The highest BCUT2D eigenvalue weighted by Gasteiger charge is 2.53. The Morgan fingerprint density at radius 3 is 2.59 bits per heavy atom. The summed E-state index contributed by atoms with van der Waals surface area (Å²) in [7, 11) is 0. The van der Waals surface area contributed by atoms with Gasteiger partial charge in [0.15, 0.2) is 0 Å². The molecule has 2 fully saturated rings. The third-order valence-electron chi connectivity index (χ3n) is 7.34. The van der Waals surface area contributed by atoms with Crippen molar-refractivity contribution >= 4 is 28.7 Å². The van der Waals surface area contributed by atoms with Crippen LogP contribution in [0.4, 0.5) is 14.9 Å². The van der Waals surface area contributed by atoms with Gasteiger partial charge in [-0.1, -0.05) is 0 Å². The molecule has 2 N–H and O–H groups in total. The Labute approximate surface area is 196 Å². The Bertz CT molecular complexity index is 1270. The molecule has 2 aromatic rings. The van der Waals surface area contributed by atoms with Crippen molar-refractivity contribution in [2.75, 3.05) is 18.0 Å². The number of alkyl carbamates (subject to hydrolysis) is 1. The molecule has 3 heterocycles. The number of aromatic nitrogens is 1. The van der Waals surface area contributed by atoms with E-state index < -0.39 is 29.0 Å². The molecule has 8 nitrogen and oxygen atoms in total. The molecule has 1 aromatic carbocycles. The van der Waals surface area contributed by atoms with Crippen LogP contribution in [0.3, 0.4) is 0 Å². The number of carbonyl (C=O) groups excluding carboxylic acids is 1. The first-order chi connectivity index (χ1) is 15.9. The molecular weight excluding hydrogens is 441 g/mol. The van der Waals surface area contributed by atoms with Gasteiger partial charge in [-0.05, 0) is 65.5 Å². The van der Waals surface area contributed by atoms with Crippen LogP contribution in [0.2, 0.25) is 0 Å². The van der Waals surface area contributed by atoms with Gasteiger partial charge in [0.05, 0.1) is 11.2 Å². The maximum atomic E-state index is 15.5. The highest BCUT2D eigenvalue weighted by Crippen LogP contribution is 2.48. The summed E-state index contributed by atoms with van der Waals surface area (Å²) in [5, 5.41) is 12.9. The Morgan fingerprint density at radius 2 is 1.97 bits per heavy atom. The van der Waals surface area contributed by atoms with Crippen LogP contribution in [0.25, 0.3) is 10.9 Å². The van der Waals surface area contributed by atoms with Crippen LogP contribution < -0.4 is 15.8 Å². The molecule has 3 aliphatic rings. The van der Waals surface area contributed by atoms with Gasteiger partial charge >= 0.3 is 12.1 Å². The van der Waals surface area contributed by atoms with Gasteiger partial charge in [0.2, 0.25) is 0 Å². The van der Waals surface area contributed by atoms with Gasteiger partial charge in [0.1, 0.15) is 17.0 Å². The number of benzene rings is 1. The first-order valence-electron chi connectivity index (χ1n) is 11.8. The molecule has 9 heteroatoms. The number of hydrogen-bond donors (Lipinski definition) is 2. The highest BCUT2D eigenvalue weighted by atomic mass is 19.1. The average molecular weight is 472 g/mol. The predicted molar refractivity (Wildman–Crippen MR) is 125 cm³/mol. The summed E-state index contributed by atoms with van der Waals surface area (Å²) >= 11 is 0. The van der Waals surface area contributed by atoms with E-state index >= 15 is 4.39 Å². The summed E-state index contributed by atoms with van der Waals surface area (Å²) < 4.78 is 22.4. The number of aromatic carboxylic acids is 1. The van der Waals surface area contributed by atoms with Gasteiger partial charge in [-0.3, -0.25) is 4.79 Å². The molecule has 1 saturated heterocycles. The van der Waals surface area contributed by atoms with E-state index in [0.717, 1.165) is 24.8 Å². The number of nitrogens with one attached hydrogen (secondary N) is 1. The minimum absolute atomic E-state index is 0.165. The number of halogens is 1. The summed E-state index contributed by atoms with van der Waals surface area (Å²) in [4.78, 5) is 38.8. The number of pyridine rings is 1. The molecule has 0 radical (unpaired) electrons. The molecular formula is C25H30FN3O5. The van der Waals surface area contributed by atoms with Crippen LogP contribution in [-0.2, 0) is 11.2 Å². The van der Waals surface area contributed by atoms with Gasteiger partial charge in [-0.15, -0.1) is 0 Å². The molecule has 0 spiro atoms. The Balaban J connectivity index is 1.46. The van der Waals surface area contributed by atoms with E-state index in [2.05, 4.69) is 5.32 Å². The zero-order valence-electron chi connectivity index (χ0n) is 19.9. The molecule has 1 amide bonds. The highest BCUT2D eigenvalue weighted by molar-refractivity contribution is 5.96. The Hall–Kier alpha value is -3.10. The van der Waals surface area contributed by atoms with Gasteiger partial charge in [0.25, 0.3) is 5.56 Å². The predicted octanol–water partition coefficient (Wildman–Crippen LogP) is 3.84. The second kappa shape index (κ2) is 7.45. The molecule has 5 rings (SSSR count). The zero-order chi connectivity index (χ0) is 24.6. The summed E-state index contributed by atoms with van der Waals surface area (Å²) in [5.74, 6) is -1.56. The number of ether oxygens (including phenoxy) is 1. The van der Waals surface area contributed by atoms with Crippen LogP contribution >= 0.6 is 0 Å². The fourth-order valence-corrected chi connectivity index (χ4v) is 5.73. The monoisotopic (exact) mass is 471 g/mol. The number of carboxylic acids is 1. The van der Waals surface area contributed by atoms with E-state index in [1.54, 1.807) is 0 Å². The molecule has 1 unspecified atom stereocenters. The number of amides is 1. The lowest BCUT2D eigenvalue weighted by atomic mass is 9.96. The summed E-state index contributed by atoms with van der Waals surface area (Å²) in [6, 6.07) is 2.36. The number of anilines is 1. The van der Waals surface area contributed by atoms with E-state index in [4.69, 9.17) is 4.74 Å². The smallest absolute Gasteiger partial charge is 0.408 e. The molecule has 2 aliphatic heterocycles.